The van der Waals surface area contributed by atoms with Gasteiger partial charge in [0.1, 0.15) is 12.1 Å². The number of alkyl carbamates (subject to hydrolysis) is 2. The lowest BCUT2D eigenvalue weighted by Gasteiger charge is -2.35. The van der Waals surface area contributed by atoms with E-state index in [1.54, 1.807) is 32.0 Å². The van der Waals surface area contributed by atoms with Gasteiger partial charge in [-0.25, -0.2) is 14.6 Å². The molecule has 0 fully saturated rings. The molecule has 0 radical (unpaired) electrons. The second kappa shape index (κ2) is 18.3. The minimum Gasteiger partial charge on any atom is -0.453 e. The Labute approximate surface area is 300 Å². The maximum absolute atomic E-state index is 13.8. The molecule has 0 bridgehead atoms. The first-order valence-corrected chi connectivity index (χ1v) is 16.8. The summed E-state index contributed by atoms with van der Waals surface area (Å²) < 4.78 is 9.54. The summed E-state index contributed by atoms with van der Waals surface area (Å²) in [6.45, 7) is 10.9. The predicted molar refractivity (Wildman–Crippen MR) is 194 cm³/mol. The number of aromatic nitrogens is 1. The van der Waals surface area contributed by atoms with Crippen LogP contribution in [0.4, 0.5) is 9.59 Å². The van der Waals surface area contributed by atoms with Crippen molar-refractivity contribution >= 4 is 24.0 Å². The molecule has 4 amide bonds. The molecule has 5 N–H and O–H groups in total. The van der Waals surface area contributed by atoms with Crippen LogP contribution in [0.5, 0.6) is 0 Å². The molecular weight excluding hydrogens is 652 g/mol. The van der Waals surface area contributed by atoms with Crippen molar-refractivity contribution in [3.8, 4) is 11.3 Å². The third-order valence-corrected chi connectivity index (χ3v) is 8.21. The van der Waals surface area contributed by atoms with Gasteiger partial charge in [0.2, 0.25) is 5.91 Å². The fourth-order valence-corrected chi connectivity index (χ4v) is 5.38. The van der Waals surface area contributed by atoms with Gasteiger partial charge in [0.05, 0.1) is 32.1 Å². The third-order valence-electron chi connectivity index (χ3n) is 8.21. The lowest BCUT2D eigenvalue weighted by molar-refractivity contribution is -0.132. The highest BCUT2D eigenvalue weighted by Crippen LogP contribution is 2.23. The molecule has 0 saturated heterocycles. The molecule has 2 aromatic carbocycles. The van der Waals surface area contributed by atoms with Gasteiger partial charge in [-0.05, 0) is 40.5 Å². The average Bonchev–Trinajstić information content (AvgIpc) is 3.08. The Bertz CT molecular complexity index is 1570. The highest BCUT2D eigenvalue weighted by molar-refractivity contribution is 5.87. The quantitative estimate of drug-likeness (QED) is 0.154. The number of nitrogens with zero attached hydrogens (tertiary/aromatic N) is 2. The van der Waals surface area contributed by atoms with Gasteiger partial charge in [0.15, 0.2) is 0 Å². The van der Waals surface area contributed by atoms with Crippen molar-refractivity contribution < 1.29 is 33.8 Å². The molecule has 0 aliphatic carbocycles. The molecule has 13 heteroatoms. The van der Waals surface area contributed by atoms with E-state index in [0.717, 1.165) is 22.4 Å². The van der Waals surface area contributed by atoms with Gasteiger partial charge in [-0.2, -0.15) is 0 Å². The van der Waals surface area contributed by atoms with E-state index in [1.165, 1.54) is 14.2 Å². The first-order chi connectivity index (χ1) is 24.0. The summed E-state index contributed by atoms with van der Waals surface area (Å²) in [6, 6.07) is 19.8. The monoisotopic (exact) mass is 704 g/mol. The molecule has 0 saturated carbocycles. The number of carbonyl (C=O) groups excluding carboxylic acids is 4. The smallest absolute Gasteiger partial charge is 0.407 e. The van der Waals surface area contributed by atoms with E-state index in [-0.39, 0.29) is 19.5 Å². The molecule has 276 valence electrons. The van der Waals surface area contributed by atoms with Crippen LogP contribution in [0.25, 0.3) is 11.3 Å². The number of benzene rings is 2. The molecule has 1 aromatic heterocycles. The molecule has 3 rings (SSSR count). The molecule has 0 spiro atoms. The average molecular weight is 705 g/mol. The van der Waals surface area contributed by atoms with Crippen LogP contribution in [0.15, 0.2) is 79.0 Å². The van der Waals surface area contributed by atoms with Crippen molar-refractivity contribution in [2.24, 2.45) is 10.8 Å². The minimum absolute atomic E-state index is 0.120. The zero-order valence-electron chi connectivity index (χ0n) is 30.7. The first kappa shape index (κ1) is 40.4. The van der Waals surface area contributed by atoms with Crippen LogP contribution in [0.2, 0.25) is 0 Å². The maximum atomic E-state index is 13.8. The Morgan fingerprint density at radius 1 is 0.725 bits per heavy atom. The van der Waals surface area contributed by atoms with E-state index >= 15 is 0 Å². The van der Waals surface area contributed by atoms with E-state index in [2.05, 4.69) is 26.4 Å². The summed E-state index contributed by atoms with van der Waals surface area (Å²) >= 11 is 0. The molecule has 51 heavy (non-hydrogen) atoms. The number of hydrogen-bond donors (Lipinski definition) is 5. The standard InChI is InChI=1S/C38H52N6O7/c1-37(2,3)31(41-35(48)50-7)33(46)40-29(22-25-14-10-9-11-15-25)30(45)24-44(43-34(47)32(38(4,5)6)42-36(49)51-8)23-26-17-19-27(20-18-26)28-16-12-13-21-39-28/h9-21,29-32,45H,22-24H2,1-8H3,(H,40,46)(H,41,48)(H,42,49)(H,43,47)/t29-,30+,31-,32+/m1/s1. The molecular formula is C38H52N6O7. The van der Waals surface area contributed by atoms with Gasteiger partial charge in [0.25, 0.3) is 5.91 Å². The van der Waals surface area contributed by atoms with Crippen LogP contribution in [-0.4, -0.2) is 84.1 Å². The van der Waals surface area contributed by atoms with Crippen LogP contribution in [0, 0.1) is 10.8 Å². The van der Waals surface area contributed by atoms with Crippen molar-refractivity contribution in [1.29, 1.82) is 0 Å². The third kappa shape index (κ3) is 12.7. The van der Waals surface area contributed by atoms with E-state index in [4.69, 9.17) is 9.47 Å². The second-order valence-electron chi connectivity index (χ2n) is 14.5. The zero-order chi connectivity index (χ0) is 37.8. The number of aliphatic hydroxyl groups is 1. The normalized spacial score (nSPS) is 14.0. The molecule has 0 aliphatic heterocycles. The van der Waals surface area contributed by atoms with Gasteiger partial charge in [-0.3, -0.25) is 20.0 Å². The molecule has 0 unspecified atom stereocenters. The second-order valence-corrected chi connectivity index (χ2v) is 14.5. The Kier molecular flexibility index (Phi) is 14.5. The van der Waals surface area contributed by atoms with Gasteiger partial charge >= 0.3 is 12.2 Å². The number of rotatable bonds is 14. The van der Waals surface area contributed by atoms with E-state index in [9.17, 15) is 24.3 Å². The van der Waals surface area contributed by atoms with Crippen LogP contribution in [-0.2, 0) is 32.0 Å². The summed E-state index contributed by atoms with van der Waals surface area (Å²) in [6.07, 6.45) is -0.778. The maximum Gasteiger partial charge on any atom is 0.407 e. The Hall–Kier alpha value is -5.01. The molecule has 3 aromatic rings. The van der Waals surface area contributed by atoms with Gasteiger partial charge in [-0.15, -0.1) is 0 Å². The predicted octanol–water partition coefficient (Wildman–Crippen LogP) is 4.21. The largest absolute Gasteiger partial charge is 0.453 e. The molecule has 0 aliphatic rings. The van der Waals surface area contributed by atoms with Crippen molar-refractivity contribution in [2.75, 3.05) is 20.8 Å². The Morgan fingerprint density at radius 2 is 1.27 bits per heavy atom. The number of ether oxygens (including phenoxy) is 2. The number of nitrogens with one attached hydrogen (secondary N) is 4. The lowest BCUT2D eigenvalue weighted by atomic mass is 9.85. The number of pyridine rings is 1. The van der Waals surface area contributed by atoms with E-state index in [1.807, 2.05) is 93.6 Å². The summed E-state index contributed by atoms with van der Waals surface area (Å²) in [7, 11) is 2.44. The number of carbonyl (C=O) groups is 4. The summed E-state index contributed by atoms with van der Waals surface area (Å²) in [5, 5.41) is 21.6. The van der Waals surface area contributed by atoms with Crippen LogP contribution in [0.1, 0.15) is 52.7 Å². The fraction of sp³-hybridized carbons (Fsp3) is 0.447. The van der Waals surface area contributed by atoms with Crippen molar-refractivity contribution in [3.05, 3.63) is 90.1 Å². The highest BCUT2D eigenvalue weighted by atomic mass is 16.5. The number of hydrogen-bond acceptors (Lipinski definition) is 9. The van der Waals surface area contributed by atoms with Gasteiger partial charge in [0, 0.05) is 24.8 Å². The number of amides is 4. The first-order valence-electron chi connectivity index (χ1n) is 16.8. The van der Waals surface area contributed by atoms with Crippen molar-refractivity contribution in [3.63, 3.8) is 0 Å². The SMILES string of the molecule is COC(=O)N[C@H](C(=O)N[C@H](Cc1ccccc1)[C@@H](O)CN(Cc1ccc(-c2ccccn2)cc1)NC(=O)[C@H](NC(=O)OC)C(C)(C)C)C(C)(C)C. The molecule has 4 atom stereocenters. The lowest BCUT2D eigenvalue weighted by Crippen LogP contribution is -2.60. The number of methoxy groups -OCH3 is 2. The summed E-state index contributed by atoms with van der Waals surface area (Å²) in [5.41, 5.74) is 4.88. The molecule has 13 nitrogen and oxygen atoms in total. The number of hydrazine groups is 1. The van der Waals surface area contributed by atoms with Gasteiger partial charge < -0.3 is 30.5 Å². The van der Waals surface area contributed by atoms with Crippen LogP contribution < -0.4 is 21.4 Å². The Morgan fingerprint density at radius 3 is 1.78 bits per heavy atom. The van der Waals surface area contributed by atoms with Crippen molar-refractivity contribution in [2.45, 2.75) is 78.7 Å². The molecule has 1 heterocycles. The van der Waals surface area contributed by atoms with Crippen LogP contribution >= 0.6 is 0 Å². The summed E-state index contributed by atoms with van der Waals surface area (Å²) in [4.78, 5) is 56.3. The summed E-state index contributed by atoms with van der Waals surface area (Å²) in [5.74, 6) is -1.03. The number of aliphatic hydroxyl groups excluding tert-OH is 1. The highest BCUT2D eigenvalue weighted by Gasteiger charge is 2.37. The Balaban J connectivity index is 1.96. The fourth-order valence-electron chi connectivity index (χ4n) is 5.38. The van der Waals surface area contributed by atoms with Crippen LogP contribution in [0.3, 0.4) is 0 Å². The van der Waals surface area contributed by atoms with Gasteiger partial charge in [-0.1, -0.05) is 102 Å². The zero-order valence-corrected chi connectivity index (χ0v) is 30.7. The van der Waals surface area contributed by atoms with E-state index in [0.29, 0.717) is 0 Å². The van der Waals surface area contributed by atoms with E-state index < -0.39 is 59.1 Å². The minimum atomic E-state index is -1.22. The van der Waals surface area contributed by atoms with Crippen molar-refractivity contribution in [1.82, 2.24) is 31.4 Å². The topological polar surface area (TPSA) is 171 Å².